The van der Waals surface area contributed by atoms with Crippen LogP contribution in [0, 0.1) is 0 Å². The van der Waals surface area contributed by atoms with Gasteiger partial charge in [-0.25, -0.2) is 4.99 Å². The molecule has 9 heteroatoms. The van der Waals surface area contributed by atoms with Crippen LogP contribution in [0.15, 0.2) is 57.5 Å². The summed E-state index contributed by atoms with van der Waals surface area (Å²) in [6.07, 6.45) is 1.82. The van der Waals surface area contributed by atoms with Gasteiger partial charge in [-0.1, -0.05) is 11.3 Å². The normalized spacial score (nSPS) is 15.1. The Morgan fingerprint density at radius 1 is 1.05 bits per heavy atom. The van der Waals surface area contributed by atoms with Crippen molar-refractivity contribution in [2.75, 3.05) is 39.3 Å². The molecule has 2 heterocycles. The maximum atomic E-state index is 13.9. The molecule has 0 saturated heterocycles. The molecular weight excluding hydrogens is 502 g/mol. The molecule has 1 atom stereocenters. The van der Waals surface area contributed by atoms with Gasteiger partial charge in [0, 0.05) is 53.3 Å². The Morgan fingerprint density at radius 2 is 1.76 bits per heavy atom. The number of ether oxygens (including phenoxy) is 3. The molecule has 0 spiro atoms. The quantitative estimate of drug-likeness (QED) is 0.416. The fourth-order valence-corrected chi connectivity index (χ4v) is 5.89. The molecule has 0 saturated carbocycles. The topological polar surface area (TPSA) is 82.4 Å². The number of Topliss-reactive ketones (excluding diaryl/α,β-unsaturated/α-hetero) is 1. The van der Waals surface area contributed by atoms with Gasteiger partial charge in [0.05, 0.1) is 31.9 Å². The summed E-state index contributed by atoms with van der Waals surface area (Å²) in [5.74, 6) is 1.65. The molecule has 0 aliphatic carbocycles. The molecule has 3 aromatic rings. The van der Waals surface area contributed by atoms with Crippen molar-refractivity contribution in [3.05, 3.63) is 78.5 Å². The van der Waals surface area contributed by atoms with Crippen LogP contribution in [0.2, 0.25) is 0 Å². The molecule has 0 bridgehead atoms. The number of nitrogens with zero attached hydrogens (tertiary/aromatic N) is 3. The Balaban J connectivity index is 1.94. The van der Waals surface area contributed by atoms with Crippen molar-refractivity contribution in [3.63, 3.8) is 0 Å². The number of benzene rings is 2. The molecule has 8 nitrogen and oxygen atoms in total. The van der Waals surface area contributed by atoms with Crippen LogP contribution in [0.25, 0.3) is 6.08 Å². The van der Waals surface area contributed by atoms with Crippen molar-refractivity contribution in [1.29, 1.82) is 0 Å². The van der Waals surface area contributed by atoms with Crippen molar-refractivity contribution >= 4 is 28.9 Å². The fourth-order valence-electron chi connectivity index (χ4n) is 4.85. The van der Waals surface area contributed by atoms with E-state index in [1.54, 1.807) is 45.0 Å². The standard InChI is InChI=1S/C29H33N3O5S/c1-8-31(9-2)20-11-10-19(23(15-20)36-6)14-25-28(34)32-27(22-13-12-21(35-5)16-24(22)37-7)26(18(4)33)17(3)30-29(32)38-25/h10-16,27H,8-9H2,1-7H3/b25-14+/t27-/m1/s1. The smallest absolute Gasteiger partial charge is 0.271 e. The van der Waals surface area contributed by atoms with E-state index >= 15 is 0 Å². The van der Waals surface area contributed by atoms with Gasteiger partial charge in [0.1, 0.15) is 17.2 Å². The molecule has 0 radical (unpaired) electrons. The molecule has 4 rings (SSSR count). The first kappa shape index (κ1) is 27.2. The molecule has 2 aromatic carbocycles. The van der Waals surface area contributed by atoms with Crippen LogP contribution in [0.3, 0.4) is 0 Å². The maximum Gasteiger partial charge on any atom is 0.271 e. The van der Waals surface area contributed by atoms with Gasteiger partial charge >= 0.3 is 0 Å². The molecule has 1 aliphatic heterocycles. The summed E-state index contributed by atoms with van der Waals surface area (Å²) in [4.78, 5) is 34.1. The van der Waals surface area contributed by atoms with Gasteiger partial charge in [-0.2, -0.15) is 0 Å². The van der Waals surface area contributed by atoms with Crippen LogP contribution >= 0.6 is 11.3 Å². The van der Waals surface area contributed by atoms with Crippen molar-refractivity contribution in [2.45, 2.75) is 33.7 Å². The van der Waals surface area contributed by atoms with Crippen molar-refractivity contribution < 1.29 is 19.0 Å². The Labute approximate surface area is 226 Å². The summed E-state index contributed by atoms with van der Waals surface area (Å²) in [7, 11) is 4.75. The number of fused-ring (bicyclic) bond motifs is 1. The Bertz CT molecular complexity index is 1580. The van der Waals surface area contributed by atoms with Crippen molar-refractivity contribution in [3.8, 4) is 17.2 Å². The van der Waals surface area contributed by atoms with Gasteiger partial charge in [-0.15, -0.1) is 0 Å². The maximum absolute atomic E-state index is 13.9. The average molecular weight is 536 g/mol. The molecule has 1 aromatic heterocycles. The molecule has 0 unspecified atom stereocenters. The highest BCUT2D eigenvalue weighted by molar-refractivity contribution is 7.07. The highest BCUT2D eigenvalue weighted by Crippen LogP contribution is 2.37. The molecule has 0 amide bonds. The highest BCUT2D eigenvalue weighted by Gasteiger charge is 2.32. The second-order valence-electron chi connectivity index (χ2n) is 8.84. The third kappa shape index (κ3) is 4.86. The number of anilines is 1. The summed E-state index contributed by atoms with van der Waals surface area (Å²) in [5.41, 5.74) is 3.32. The van der Waals surface area contributed by atoms with E-state index in [2.05, 4.69) is 23.7 Å². The average Bonchev–Trinajstić information content (AvgIpc) is 3.22. The van der Waals surface area contributed by atoms with Crippen LogP contribution in [-0.2, 0) is 4.79 Å². The van der Waals surface area contributed by atoms with Crippen LogP contribution in [0.1, 0.15) is 44.9 Å². The monoisotopic (exact) mass is 535 g/mol. The fraction of sp³-hybridized carbons (Fsp3) is 0.345. The molecular formula is C29H33N3O5S. The van der Waals surface area contributed by atoms with E-state index in [4.69, 9.17) is 14.2 Å². The van der Waals surface area contributed by atoms with E-state index in [9.17, 15) is 9.59 Å². The summed E-state index contributed by atoms with van der Waals surface area (Å²) < 4.78 is 18.8. The van der Waals surface area contributed by atoms with Gasteiger partial charge in [-0.3, -0.25) is 14.2 Å². The minimum Gasteiger partial charge on any atom is -0.497 e. The summed E-state index contributed by atoms with van der Waals surface area (Å²) in [5, 5.41) is 0. The zero-order valence-electron chi connectivity index (χ0n) is 22.8. The summed E-state index contributed by atoms with van der Waals surface area (Å²) in [6, 6.07) is 10.7. The second kappa shape index (κ2) is 11.3. The molecule has 200 valence electrons. The third-order valence-corrected chi connectivity index (χ3v) is 7.75. The lowest BCUT2D eigenvalue weighted by molar-refractivity contribution is -0.114. The first-order valence-electron chi connectivity index (χ1n) is 12.5. The number of rotatable bonds is 9. The minimum absolute atomic E-state index is 0.155. The Hall–Kier alpha value is -3.85. The summed E-state index contributed by atoms with van der Waals surface area (Å²) in [6.45, 7) is 9.27. The number of thiazole rings is 1. The van der Waals surface area contributed by atoms with Gasteiger partial charge < -0.3 is 19.1 Å². The summed E-state index contributed by atoms with van der Waals surface area (Å²) >= 11 is 1.28. The van der Waals surface area contributed by atoms with Crippen LogP contribution < -0.4 is 34.0 Å². The number of carbonyl (C=O) groups excluding carboxylic acids is 1. The molecule has 0 N–H and O–H groups in total. The largest absolute Gasteiger partial charge is 0.497 e. The predicted octanol–water partition coefficient (Wildman–Crippen LogP) is 3.70. The van der Waals surface area contributed by atoms with Gasteiger partial charge in [0.2, 0.25) is 0 Å². The number of aromatic nitrogens is 1. The van der Waals surface area contributed by atoms with E-state index in [1.165, 1.54) is 18.3 Å². The van der Waals surface area contributed by atoms with Crippen molar-refractivity contribution in [2.24, 2.45) is 4.99 Å². The molecule has 1 aliphatic rings. The number of allylic oxidation sites excluding steroid dienone is 2. The lowest BCUT2D eigenvalue weighted by atomic mass is 9.92. The van der Waals surface area contributed by atoms with Gasteiger partial charge in [0.15, 0.2) is 10.6 Å². The highest BCUT2D eigenvalue weighted by atomic mass is 32.1. The van der Waals surface area contributed by atoms with Crippen LogP contribution in [0.4, 0.5) is 5.69 Å². The first-order valence-corrected chi connectivity index (χ1v) is 13.3. The molecule has 0 fully saturated rings. The zero-order chi connectivity index (χ0) is 27.6. The number of hydrogen-bond donors (Lipinski definition) is 0. The van der Waals surface area contributed by atoms with Crippen LogP contribution in [-0.4, -0.2) is 44.8 Å². The van der Waals surface area contributed by atoms with Crippen LogP contribution in [0.5, 0.6) is 17.2 Å². The lowest BCUT2D eigenvalue weighted by Crippen LogP contribution is -2.39. The lowest BCUT2D eigenvalue weighted by Gasteiger charge is -2.26. The number of carbonyl (C=O) groups is 1. The van der Waals surface area contributed by atoms with Crippen molar-refractivity contribution in [1.82, 2.24) is 4.57 Å². The Morgan fingerprint density at radius 3 is 2.37 bits per heavy atom. The number of ketones is 1. The SMILES string of the molecule is CCN(CC)c1ccc(/C=c2/sc3n(c2=O)[C@H](c2ccc(OC)cc2OC)C(C(C)=O)=C(C)N=3)c(OC)c1. The number of hydrogen-bond acceptors (Lipinski definition) is 8. The van der Waals surface area contributed by atoms with Gasteiger partial charge in [0.25, 0.3) is 5.56 Å². The van der Waals surface area contributed by atoms with E-state index < -0.39 is 6.04 Å². The van der Waals surface area contributed by atoms with E-state index in [1.807, 2.05) is 30.3 Å². The van der Waals surface area contributed by atoms with E-state index in [0.29, 0.717) is 43.4 Å². The first-order chi connectivity index (χ1) is 18.3. The van der Waals surface area contributed by atoms with Gasteiger partial charge in [-0.05, 0) is 58.0 Å². The Kier molecular flexibility index (Phi) is 8.06. The van der Waals surface area contributed by atoms with E-state index in [-0.39, 0.29) is 11.3 Å². The van der Waals surface area contributed by atoms with E-state index in [0.717, 1.165) is 24.3 Å². The molecule has 38 heavy (non-hydrogen) atoms. The minimum atomic E-state index is -0.682. The number of methoxy groups -OCH3 is 3. The predicted molar refractivity (Wildman–Crippen MR) is 151 cm³/mol. The zero-order valence-corrected chi connectivity index (χ0v) is 23.6. The second-order valence-corrected chi connectivity index (χ2v) is 9.85. The third-order valence-electron chi connectivity index (χ3n) is 6.77.